The number of likely N-dealkylation sites (N-methyl/N-ethyl adjacent to an activating group) is 1. The van der Waals surface area contributed by atoms with E-state index in [-0.39, 0.29) is 18.1 Å². The van der Waals surface area contributed by atoms with Gasteiger partial charge in [0, 0.05) is 25.3 Å². The summed E-state index contributed by atoms with van der Waals surface area (Å²) in [7, 11) is 2.04. The predicted octanol–water partition coefficient (Wildman–Crippen LogP) is 1.84. The zero-order valence-electron chi connectivity index (χ0n) is 15.2. The number of carbonyl (C=O) groups excluding carboxylic acids is 1. The normalized spacial score (nSPS) is 21.9. The lowest BCUT2D eigenvalue weighted by atomic mass is 9.98. The average molecular weight is 334 g/mol. The topological polar surface area (TPSA) is 61.8 Å². The second kappa shape index (κ2) is 8.10. The van der Waals surface area contributed by atoms with Crippen LogP contribution >= 0.6 is 0 Å². The van der Waals surface area contributed by atoms with Crippen molar-refractivity contribution in [3.63, 3.8) is 0 Å². The summed E-state index contributed by atoms with van der Waals surface area (Å²) in [4.78, 5) is 14.6. The molecule has 1 aromatic carbocycles. The van der Waals surface area contributed by atoms with Crippen molar-refractivity contribution < 1.29 is 14.6 Å². The number of amides is 1. The van der Waals surface area contributed by atoms with Gasteiger partial charge in [0.25, 0.3) is 5.91 Å². The SMILES string of the molecule is CCO[C@H]1CN(C)C[C@@H]1NC(=O)c1ccc(CCC(C)(C)O)cc1. The number of nitrogens with zero attached hydrogens (tertiary/aromatic N) is 1. The summed E-state index contributed by atoms with van der Waals surface area (Å²) in [5, 5.41) is 12.9. The highest BCUT2D eigenvalue weighted by atomic mass is 16.5. The first-order valence-corrected chi connectivity index (χ1v) is 8.71. The van der Waals surface area contributed by atoms with Gasteiger partial charge in [-0.25, -0.2) is 0 Å². The Morgan fingerprint density at radius 1 is 1.33 bits per heavy atom. The van der Waals surface area contributed by atoms with Gasteiger partial charge in [-0.15, -0.1) is 0 Å². The Hall–Kier alpha value is -1.43. The number of carbonyl (C=O) groups is 1. The smallest absolute Gasteiger partial charge is 0.251 e. The van der Waals surface area contributed by atoms with Crippen LogP contribution < -0.4 is 5.32 Å². The molecular formula is C19H30N2O3. The van der Waals surface area contributed by atoms with Crippen LogP contribution in [0.3, 0.4) is 0 Å². The van der Waals surface area contributed by atoms with E-state index in [1.165, 1.54) is 0 Å². The highest BCUT2D eigenvalue weighted by molar-refractivity contribution is 5.94. The van der Waals surface area contributed by atoms with Crippen molar-refractivity contribution in [2.45, 2.75) is 51.4 Å². The first kappa shape index (κ1) is 18.9. The van der Waals surface area contributed by atoms with Gasteiger partial charge in [0.1, 0.15) is 0 Å². The molecule has 5 heteroatoms. The highest BCUT2D eigenvalue weighted by Gasteiger charge is 2.32. The van der Waals surface area contributed by atoms with E-state index >= 15 is 0 Å². The molecule has 0 unspecified atom stereocenters. The first-order valence-electron chi connectivity index (χ1n) is 8.71. The van der Waals surface area contributed by atoms with Crippen LogP contribution in [0.15, 0.2) is 24.3 Å². The molecule has 1 aliphatic rings. The fourth-order valence-corrected chi connectivity index (χ4v) is 3.01. The maximum atomic E-state index is 12.5. The summed E-state index contributed by atoms with van der Waals surface area (Å²) in [6.07, 6.45) is 1.55. The van der Waals surface area contributed by atoms with Gasteiger partial charge in [0.05, 0.1) is 17.7 Å². The van der Waals surface area contributed by atoms with E-state index in [0.29, 0.717) is 18.6 Å². The monoisotopic (exact) mass is 334 g/mol. The number of ether oxygens (including phenoxy) is 1. The van der Waals surface area contributed by atoms with Gasteiger partial charge < -0.3 is 20.1 Å². The molecule has 1 aliphatic heterocycles. The van der Waals surface area contributed by atoms with E-state index in [1.54, 1.807) is 0 Å². The summed E-state index contributed by atoms with van der Waals surface area (Å²) in [5.74, 6) is -0.0611. The minimum atomic E-state index is -0.668. The predicted molar refractivity (Wildman–Crippen MR) is 95.2 cm³/mol. The molecule has 0 bridgehead atoms. The third-order valence-electron chi connectivity index (χ3n) is 4.39. The molecule has 2 N–H and O–H groups in total. The van der Waals surface area contributed by atoms with E-state index in [4.69, 9.17) is 4.74 Å². The molecule has 0 aromatic heterocycles. The Labute approximate surface area is 145 Å². The molecule has 0 aliphatic carbocycles. The lowest BCUT2D eigenvalue weighted by molar-refractivity contribution is 0.0513. The molecule has 0 spiro atoms. The number of benzene rings is 1. The number of aryl methyl sites for hydroxylation is 1. The quantitative estimate of drug-likeness (QED) is 0.799. The lowest BCUT2D eigenvalue weighted by Crippen LogP contribution is -2.43. The molecule has 24 heavy (non-hydrogen) atoms. The van der Waals surface area contributed by atoms with Crippen LogP contribution in [-0.4, -0.2) is 60.4 Å². The van der Waals surface area contributed by atoms with Crippen molar-refractivity contribution >= 4 is 5.91 Å². The van der Waals surface area contributed by atoms with E-state index in [1.807, 2.05) is 52.1 Å². The number of nitrogens with one attached hydrogen (secondary N) is 1. The van der Waals surface area contributed by atoms with Crippen LogP contribution in [0.4, 0.5) is 0 Å². The van der Waals surface area contributed by atoms with Crippen LogP contribution in [0.1, 0.15) is 43.1 Å². The number of likely N-dealkylation sites (tertiary alicyclic amines) is 1. The van der Waals surface area contributed by atoms with Gasteiger partial charge in [0.15, 0.2) is 0 Å². The van der Waals surface area contributed by atoms with Crippen molar-refractivity contribution in [2.24, 2.45) is 0 Å². The summed E-state index contributed by atoms with van der Waals surface area (Å²) < 4.78 is 5.73. The molecule has 1 amide bonds. The van der Waals surface area contributed by atoms with E-state index in [2.05, 4.69) is 10.2 Å². The summed E-state index contributed by atoms with van der Waals surface area (Å²) >= 11 is 0. The molecule has 2 rings (SSSR count). The molecule has 2 atom stereocenters. The first-order chi connectivity index (χ1) is 11.3. The molecule has 1 saturated heterocycles. The zero-order chi connectivity index (χ0) is 17.7. The molecule has 0 radical (unpaired) electrons. The number of aliphatic hydroxyl groups is 1. The largest absolute Gasteiger partial charge is 0.390 e. The van der Waals surface area contributed by atoms with Gasteiger partial charge in [-0.2, -0.15) is 0 Å². The second-order valence-corrected chi connectivity index (χ2v) is 7.30. The number of rotatable bonds is 7. The Balaban J connectivity index is 1.92. The van der Waals surface area contributed by atoms with E-state index in [9.17, 15) is 9.90 Å². The molecular weight excluding hydrogens is 304 g/mol. The van der Waals surface area contributed by atoms with Gasteiger partial charge in [0.2, 0.25) is 0 Å². The minimum absolute atomic E-state index is 0.0253. The Bertz CT molecular complexity index is 537. The minimum Gasteiger partial charge on any atom is -0.390 e. The summed E-state index contributed by atoms with van der Waals surface area (Å²) in [6.45, 7) is 7.89. The standard InChI is InChI=1S/C19H30N2O3/c1-5-24-17-13-21(4)12-16(17)20-18(22)15-8-6-14(7-9-15)10-11-19(2,3)23/h6-9,16-17,23H,5,10-13H2,1-4H3,(H,20,22)/t16-,17-/m0/s1. The molecule has 1 heterocycles. The van der Waals surface area contributed by atoms with Crippen LogP contribution in [0.5, 0.6) is 0 Å². The fraction of sp³-hybridized carbons (Fsp3) is 0.632. The molecule has 1 fully saturated rings. The highest BCUT2D eigenvalue weighted by Crippen LogP contribution is 2.15. The second-order valence-electron chi connectivity index (χ2n) is 7.30. The van der Waals surface area contributed by atoms with Crippen LogP contribution in [-0.2, 0) is 11.2 Å². The maximum Gasteiger partial charge on any atom is 0.251 e. The molecule has 134 valence electrons. The van der Waals surface area contributed by atoms with Crippen LogP contribution in [0, 0.1) is 0 Å². The van der Waals surface area contributed by atoms with Crippen molar-refractivity contribution in [1.29, 1.82) is 0 Å². The van der Waals surface area contributed by atoms with Crippen molar-refractivity contribution in [1.82, 2.24) is 10.2 Å². The van der Waals surface area contributed by atoms with Crippen molar-refractivity contribution in [3.8, 4) is 0 Å². The van der Waals surface area contributed by atoms with E-state index in [0.717, 1.165) is 25.1 Å². The van der Waals surface area contributed by atoms with Crippen molar-refractivity contribution in [3.05, 3.63) is 35.4 Å². The van der Waals surface area contributed by atoms with Crippen molar-refractivity contribution in [2.75, 3.05) is 26.7 Å². The fourth-order valence-electron chi connectivity index (χ4n) is 3.01. The van der Waals surface area contributed by atoms with Gasteiger partial charge in [-0.3, -0.25) is 4.79 Å². The van der Waals surface area contributed by atoms with E-state index < -0.39 is 5.60 Å². The van der Waals surface area contributed by atoms with Gasteiger partial charge >= 0.3 is 0 Å². The third kappa shape index (κ3) is 5.58. The Kier molecular flexibility index (Phi) is 6.38. The average Bonchev–Trinajstić information content (AvgIpc) is 2.85. The zero-order valence-corrected chi connectivity index (χ0v) is 15.2. The molecule has 1 aromatic rings. The third-order valence-corrected chi connectivity index (χ3v) is 4.39. The Morgan fingerprint density at radius 3 is 2.58 bits per heavy atom. The summed E-state index contributed by atoms with van der Waals surface area (Å²) in [5.41, 5.74) is 1.12. The maximum absolute atomic E-state index is 12.5. The van der Waals surface area contributed by atoms with Crippen LogP contribution in [0.25, 0.3) is 0 Å². The van der Waals surface area contributed by atoms with Crippen LogP contribution in [0.2, 0.25) is 0 Å². The number of hydrogen-bond acceptors (Lipinski definition) is 4. The summed E-state index contributed by atoms with van der Waals surface area (Å²) in [6, 6.07) is 7.65. The van der Waals surface area contributed by atoms with Gasteiger partial charge in [-0.05, 0) is 58.4 Å². The Morgan fingerprint density at radius 2 is 2.00 bits per heavy atom. The number of hydrogen-bond donors (Lipinski definition) is 2. The molecule has 0 saturated carbocycles. The molecule has 5 nitrogen and oxygen atoms in total. The lowest BCUT2D eigenvalue weighted by Gasteiger charge is -2.20. The van der Waals surface area contributed by atoms with Gasteiger partial charge in [-0.1, -0.05) is 12.1 Å².